The van der Waals surface area contributed by atoms with E-state index in [1.807, 2.05) is 28.8 Å². The smallest absolute Gasteiger partial charge is 0.250 e. The molecule has 144 valence electrons. The van der Waals surface area contributed by atoms with Gasteiger partial charge in [-0.15, -0.1) is 0 Å². The Hall–Kier alpha value is -2.86. The van der Waals surface area contributed by atoms with Crippen LogP contribution in [0.3, 0.4) is 0 Å². The van der Waals surface area contributed by atoms with Gasteiger partial charge < -0.3 is 14.3 Å². The third-order valence-corrected chi connectivity index (χ3v) is 6.11. The van der Waals surface area contributed by atoms with E-state index in [4.69, 9.17) is 4.74 Å². The summed E-state index contributed by atoms with van der Waals surface area (Å²) in [6.45, 7) is 2.82. The van der Waals surface area contributed by atoms with Crippen molar-refractivity contribution in [1.29, 1.82) is 0 Å². The Bertz CT molecular complexity index is 1110. The van der Waals surface area contributed by atoms with Crippen LogP contribution in [-0.2, 0) is 6.54 Å². The summed E-state index contributed by atoms with van der Waals surface area (Å²) in [6, 6.07) is 11.3. The average molecular weight is 377 g/mol. The Balaban J connectivity index is 1.38. The molecule has 1 aromatic carbocycles. The standard InChI is InChI=1S/C22H23N3O3/c1-28-16-5-6-19-17(8-16)18(9-23-19)21(26)13-24-10-14-7-15(12-24)20-3-2-4-22(27)25(20)11-14/h2-6,8-9,14-15,23H,7,10-13H2,1H3. The highest BCUT2D eigenvalue weighted by Gasteiger charge is 2.35. The molecule has 0 saturated carbocycles. The van der Waals surface area contributed by atoms with E-state index in [0.717, 1.165) is 48.4 Å². The molecule has 0 amide bonds. The molecule has 2 unspecified atom stereocenters. The number of aromatic nitrogens is 2. The predicted octanol–water partition coefficient (Wildman–Crippen LogP) is 2.64. The van der Waals surface area contributed by atoms with Crippen LogP contribution in [0.4, 0.5) is 0 Å². The maximum absolute atomic E-state index is 13.0. The van der Waals surface area contributed by atoms with E-state index in [1.165, 1.54) is 0 Å². The van der Waals surface area contributed by atoms with Crippen molar-refractivity contribution >= 4 is 16.7 Å². The molecule has 2 aromatic heterocycles. The minimum Gasteiger partial charge on any atom is -0.497 e. The Morgan fingerprint density at radius 2 is 2.11 bits per heavy atom. The molecule has 2 bridgehead atoms. The van der Waals surface area contributed by atoms with Crippen LogP contribution in [0.5, 0.6) is 5.75 Å². The number of piperidine rings is 1. The van der Waals surface area contributed by atoms with Crippen molar-refractivity contribution in [3.8, 4) is 5.75 Å². The minimum absolute atomic E-state index is 0.0875. The molecule has 4 heterocycles. The molecular formula is C22H23N3O3. The molecule has 0 aliphatic carbocycles. The molecule has 28 heavy (non-hydrogen) atoms. The van der Waals surface area contributed by atoms with E-state index in [-0.39, 0.29) is 11.3 Å². The molecule has 6 heteroatoms. The summed E-state index contributed by atoms with van der Waals surface area (Å²) in [5.41, 5.74) is 2.84. The number of carbonyl (C=O) groups is 1. The summed E-state index contributed by atoms with van der Waals surface area (Å²) in [5.74, 6) is 1.60. The number of nitrogens with one attached hydrogen (secondary N) is 1. The van der Waals surface area contributed by atoms with Crippen molar-refractivity contribution < 1.29 is 9.53 Å². The highest BCUT2D eigenvalue weighted by atomic mass is 16.5. The monoisotopic (exact) mass is 377 g/mol. The number of methoxy groups -OCH3 is 1. The summed E-state index contributed by atoms with van der Waals surface area (Å²) in [5, 5.41) is 0.901. The SMILES string of the molecule is COc1ccc2[nH]cc(C(=O)CN3CC4CC(C3)c3cccc(=O)n3C4)c2c1. The van der Waals surface area contributed by atoms with Crippen molar-refractivity contribution in [2.24, 2.45) is 5.92 Å². The number of benzene rings is 1. The van der Waals surface area contributed by atoms with Crippen LogP contribution in [0.25, 0.3) is 10.9 Å². The number of Topliss-reactive ketones (excluding diaryl/α,β-unsaturated/α-hetero) is 1. The first kappa shape index (κ1) is 17.3. The second-order valence-electron chi connectivity index (χ2n) is 7.93. The summed E-state index contributed by atoms with van der Waals surface area (Å²) < 4.78 is 7.23. The molecule has 3 aromatic rings. The van der Waals surface area contributed by atoms with Crippen LogP contribution in [0.1, 0.15) is 28.4 Å². The molecule has 1 N–H and O–H groups in total. The molecule has 0 radical (unpaired) electrons. The van der Waals surface area contributed by atoms with Crippen LogP contribution < -0.4 is 10.3 Å². The molecule has 2 aliphatic rings. The third-order valence-electron chi connectivity index (χ3n) is 6.11. The van der Waals surface area contributed by atoms with Gasteiger partial charge in [0.15, 0.2) is 5.78 Å². The minimum atomic E-state index is 0.0875. The number of aromatic amines is 1. The van der Waals surface area contributed by atoms with E-state index >= 15 is 0 Å². The molecule has 2 atom stereocenters. The number of ketones is 1. The number of H-pyrrole nitrogens is 1. The predicted molar refractivity (Wildman–Crippen MR) is 107 cm³/mol. The summed E-state index contributed by atoms with van der Waals surface area (Å²) in [7, 11) is 1.63. The number of nitrogens with zero attached hydrogens (tertiary/aromatic N) is 2. The van der Waals surface area contributed by atoms with Crippen molar-refractivity contribution in [1.82, 2.24) is 14.5 Å². The van der Waals surface area contributed by atoms with Gasteiger partial charge >= 0.3 is 0 Å². The fourth-order valence-corrected chi connectivity index (χ4v) is 4.87. The second-order valence-corrected chi connectivity index (χ2v) is 7.93. The first-order valence-electron chi connectivity index (χ1n) is 9.73. The number of fused-ring (bicyclic) bond motifs is 5. The van der Waals surface area contributed by atoms with Gasteiger partial charge in [-0.1, -0.05) is 6.07 Å². The number of ether oxygens (including phenoxy) is 1. The number of hydrogen-bond acceptors (Lipinski definition) is 4. The zero-order valence-electron chi connectivity index (χ0n) is 15.9. The van der Waals surface area contributed by atoms with E-state index < -0.39 is 0 Å². The van der Waals surface area contributed by atoms with Crippen molar-refractivity contribution in [2.45, 2.75) is 18.9 Å². The van der Waals surface area contributed by atoms with Gasteiger partial charge in [-0.2, -0.15) is 0 Å². The van der Waals surface area contributed by atoms with Gasteiger partial charge in [0.2, 0.25) is 0 Å². The normalized spacial score (nSPS) is 21.5. The van der Waals surface area contributed by atoms with Gasteiger partial charge in [0.1, 0.15) is 5.75 Å². The van der Waals surface area contributed by atoms with Crippen LogP contribution in [0.2, 0.25) is 0 Å². The van der Waals surface area contributed by atoms with Gasteiger partial charge in [0, 0.05) is 60.0 Å². The van der Waals surface area contributed by atoms with Gasteiger partial charge in [0.25, 0.3) is 5.56 Å². The topological polar surface area (TPSA) is 67.3 Å². The molecule has 5 rings (SSSR count). The molecule has 0 spiro atoms. The number of carbonyl (C=O) groups excluding carboxylic acids is 1. The third kappa shape index (κ3) is 2.85. The molecular weight excluding hydrogens is 354 g/mol. The number of pyridine rings is 1. The maximum atomic E-state index is 13.0. The van der Waals surface area contributed by atoms with Crippen LogP contribution in [0.15, 0.2) is 47.4 Å². The van der Waals surface area contributed by atoms with Crippen molar-refractivity contribution in [2.75, 3.05) is 26.7 Å². The first-order valence-corrected chi connectivity index (χ1v) is 9.73. The Kier molecular flexibility index (Phi) is 4.09. The number of rotatable bonds is 4. The van der Waals surface area contributed by atoms with Gasteiger partial charge in [-0.3, -0.25) is 14.5 Å². The van der Waals surface area contributed by atoms with E-state index in [2.05, 4.69) is 16.0 Å². The lowest BCUT2D eigenvalue weighted by molar-refractivity contribution is 0.0819. The molecule has 2 aliphatic heterocycles. The number of hydrogen-bond donors (Lipinski definition) is 1. The lowest BCUT2D eigenvalue weighted by Crippen LogP contribution is -2.48. The van der Waals surface area contributed by atoms with Crippen LogP contribution >= 0.6 is 0 Å². The molecule has 1 fully saturated rings. The number of likely N-dealkylation sites (tertiary alicyclic amines) is 1. The summed E-state index contributed by atoms with van der Waals surface area (Å²) >= 11 is 0. The maximum Gasteiger partial charge on any atom is 0.250 e. The summed E-state index contributed by atoms with van der Waals surface area (Å²) in [4.78, 5) is 30.7. The quantitative estimate of drug-likeness (QED) is 0.710. The molecule has 6 nitrogen and oxygen atoms in total. The molecule has 1 saturated heterocycles. The largest absolute Gasteiger partial charge is 0.497 e. The average Bonchev–Trinajstić information content (AvgIpc) is 3.12. The van der Waals surface area contributed by atoms with Crippen molar-refractivity contribution in [3.63, 3.8) is 0 Å². The lowest BCUT2D eigenvalue weighted by Gasteiger charge is -2.42. The van der Waals surface area contributed by atoms with Gasteiger partial charge in [-0.05, 0) is 36.6 Å². The van der Waals surface area contributed by atoms with E-state index in [1.54, 1.807) is 19.4 Å². The van der Waals surface area contributed by atoms with Crippen LogP contribution in [-0.4, -0.2) is 47.0 Å². The summed E-state index contributed by atoms with van der Waals surface area (Å²) in [6.07, 6.45) is 2.89. The zero-order chi connectivity index (χ0) is 19.3. The van der Waals surface area contributed by atoms with Gasteiger partial charge in [0.05, 0.1) is 13.7 Å². The fourth-order valence-electron chi connectivity index (χ4n) is 4.87. The van der Waals surface area contributed by atoms with Crippen LogP contribution in [0, 0.1) is 5.92 Å². The van der Waals surface area contributed by atoms with E-state index in [9.17, 15) is 9.59 Å². The highest BCUT2D eigenvalue weighted by molar-refractivity contribution is 6.09. The van der Waals surface area contributed by atoms with E-state index in [0.29, 0.717) is 23.9 Å². The Morgan fingerprint density at radius 3 is 2.96 bits per heavy atom. The first-order chi connectivity index (χ1) is 13.6. The zero-order valence-corrected chi connectivity index (χ0v) is 15.9. The lowest BCUT2D eigenvalue weighted by atomic mass is 9.83. The highest BCUT2D eigenvalue weighted by Crippen LogP contribution is 2.35. The van der Waals surface area contributed by atoms with Crippen molar-refractivity contribution in [3.05, 3.63) is 64.2 Å². The fraction of sp³-hybridized carbons (Fsp3) is 0.364. The Morgan fingerprint density at radius 1 is 1.21 bits per heavy atom. The Labute approximate surface area is 162 Å². The second kappa shape index (κ2) is 6.63. The van der Waals surface area contributed by atoms with Gasteiger partial charge in [-0.25, -0.2) is 0 Å².